The van der Waals surface area contributed by atoms with Crippen molar-refractivity contribution in [2.24, 2.45) is 0 Å². The number of rotatable bonds is 5. The molecule has 6 heteroatoms. The molecule has 1 aromatic carbocycles. The standard InChI is InChI=1S/C17H23BrN2O3/c1-14(21)19-9-5-10-20(12-11-19)17(22)8-4-13-23-16-7-3-2-6-15(16)18/h2-3,6-7H,4-5,8-13H2,1H3. The van der Waals surface area contributed by atoms with Crippen LogP contribution in [0.1, 0.15) is 26.2 Å². The number of halogens is 1. The van der Waals surface area contributed by atoms with Crippen molar-refractivity contribution in [3.05, 3.63) is 28.7 Å². The monoisotopic (exact) mass is 382 g/mol. The van der Waals surface area contributed by atoms with Crippen LogP contribution in [0.25, 0.3) is 0 Å². The highest BCUT2D eigenvalue weighted by atomic mass is 79.9. The van der Waals surface area contributed by atoms with Crippen LogP contribution < -0.4 is 4.74 Å². The quantitative estimate of drug-likeness (QED) is 0.735. The van der Waals surface area contributed by atoms with Gasteiger partial charge in [-0.1, -0.05) is 12.1 Å². The van der Waals surface area contributed by atoms with Gasteiger partial charge in [-0.25, -0.2) is 0 Å². The van der Waals surface area contributed by atoms with E-state index in [1.807, 2.05) is 34.1 Å². The van der Waals surface area contributed by atoms with E-state index >= 15 is 0 Å². The lowest BCUT2D eigenvalue weighted by Gasteiger charge is -2.21. The van der Waals surface area contributed by atoms with Gasteiger partial charge in [-0.3, -0.25) is 9.59 Å². The summed E-state index contributed by atoms with van der Waals surface area (Å²) in [5.74, 6) is 1.03. The topological polar surface area (TPSA) is 49.9 Å². The second-order valence-corrected chi connectivity index (χ2v) is 6.48. The second kappa shape index (κ2) is 8.91. The highest BCUT2D eigenvalue weighted by Gasteiger charge is 2.19. The third-order valence-electron chi connectivity index (χ3n) is 3.92. The number of hydrogen-bond acceptors (Lipinski definition) is 3. The van der Waals surface area contributed by atoms with E-state index in [0.29, 0.717) is 32.5 Å². The van der Waals surface area contributed by atoms with Crippen molar-refractivity contribution in [1.82, 2.24) is 9.80 Å². The van der Waals surface area contributed by atoms with E-state index < -0.39 is 0 Å². The van der Waals surface area contributed by atoms with Crippen LogP contribution in [0.3, 0.4) is 0 Å². The van der Waals surface area contributed by atoms with E-state index in [-0.39, 0.29) is 11.8 Å². The van der Waals surface area contributed by atoms with Crippen molar-refractivity contribution in [3.8, 4) is 5.75 Å². The average Bonchev–Trinajstić information content (AvgIpc) is 2.79. The summed E-state index contributed by atoms with van der Waals surface area (Å²) in [6, 6.07) is 7.68. The fraction of sp³-hybridized carbons (Fsp3) is 0.529. The highest BCUT2D eigenvalue weighted by molar-refractivity contribution is 9.10. The molecule has 5 nitrogen and oxygen atoms in total. The minimum Gasteiger partial charge on any atom is -0.492 e. The van der Waals surface area contributed by atoms with Gasteiger partial charge in [0.25, 0.3) is 0 Å². The van der Waals surface area contributed by atoms with Gasteiger partial charge in [0.1, 0.15) is 5.75 Å². The maximum Gasteiger partial charge on any atom is 0.222 e. The summed E-state index contributed by atoms with van der Waals surface area (Å²) in [5, 5.41) is 0. The molecule has 2 amide bonds. The van der Waals surface area contributed by atoms with Crippen LogP contribution >= 0.6 is 15.9 Å². The fourth-order valence-corrected chi connectivity index (χ4v) is 3.01. The number of carbonyl (C=O) groups excluding carboxylic acids is 2. The molecule has 0 aromatic heterocycles. The summed E-state index contributed by atoms with van der Waals surface area (Å²) < 4.78 is 6.60. The van der Waals surface area contributed by atoms with Crippen LogP contribution in [0.4, 0.5) is 0 Å². The smallest absolute Gasteiger partial charge is 0.222 e. The van der Waals surface area contributed by atoms with Gasteiger partial charge < -0.3 is 14.5 Å². The van der Waals surface area contributed by atoms with Crippen LogP contribution in [0.5, 0.6) is 5.75 Å². The third-order valence-corrected chi connectivity index (χ3v) is 4.58. The highest BCUT2D eigenvalue weighted by Crippen LogP contribution is 2.23. The van der Waals surface area contributed by atoms with Gasteiger partial charge in [-0.05, 0) is 40.9 Å². The first-order chi connectivity index (χ1) is 11.1. The summed E-state index contributed by atoms with van der Waals surface area (Å²) in [4.78, 5) is 27.3. The van der Waals surface area contributed by atoms with Gasteiger partial charge in [-0.2, -0.15) is 0 Å². The largest absolute Gasteiger partial charge is 0.492 e. The molecule has 1 aromatic rings. The van der Waals surface area contributed by atoms with Crippen LogP contribution in [0.2, 0.25) is 0 Å². The van der Waals surface area contributed by atoms with Gasteiger partial charge in [0.2, 0.25) is 11.8 Å². The van der Waals surface area contributed by atoms with Crippen LogP contribution in [-0.4, -0.2) is 54.4 Å². The van der Waals surface area contributed by atoms with E-state index in [0.717, 1.165) is 29.7 Å². The van der Waals surface area contributed by atoms with E-state index in [4.69, 9.17) is 4.74 Å². The molecule has 0 N–H and O–H groups in total. The molecule has 0 bridgehead atoms. The van der Waals surface area contributed by atoms with E-state index in [2.05, 4.69) is 15.9 Å². The van der Waals surface area contributed by atoms with Gasteiger partial charge in [-0.15, -0.1) is 0 Å². The lowest BCUT2D eigenvalue weighted by atomic mass is 10.2. The molecule has 23 heavy (non-hydrogen) atoms. The molecule has 1 saturated heterocycles. The zero-order valence-corrected chi connectivity index (χ0v) is 15.0. The molecule has 126 valence electrons. The van der Waals surface area contributed by atoms with Gasteiger partial charge in [0, 0.05) is 39.5 Å². The Morgan fingerprint density at radius 2 is 1.83 bits per heavy atom. The Kier molecular flexibility index (Phi) is 6.89. The molecule has 0 radical (unpaired) electrons. The molecule has 1 heterocycles. The zero-order valence-electron chi connectivity index (χ0n) is 13.5. The van der Waals surface area contributed by atoms with Crippen molar-refractivity contribution >= 4 is 27.7 Å². The van der Waals surface area contributed by atoms with E-state index in [1.165, 1.54) is 0 Å². The third kappa shape index (κ3) is 5.53. The van der Waals surface area contributed by atoms with Crippen LogP contribution in [0, 0.1) is 0 Å². The number of benzene rings is 1. The van der Waals surface area contributed by atoms with Gasteiger partial charge >= 0.3 is 0 Å². The lowest BCUT2D eigenvalue weighted by Crippen LogP contribution is -2.36. The number of nitrogens with zero attached hydrogens (tertiary/aromatic N) is 2. The van der Waals surface area contributed by atoms with Crippen molar-refractivity contribution in [1.29, 1.82) is 0 Å². The van der Waals surface area contributed by atoms with Crippen molar-refractivity contribution in [2.45, 2.75) is 26.2 Å². The molecule has 1 aliphatic rings. The number of amides is 2. The van der Waals surface area contributed by atoms with Crippen molar-refractivity contribution in [2.75, 3.05) is 32.8 Å². The molecule has 0 aliphatic carbocycles. The summed E-state index contributed by atoms with van der Waals surface area (Å²) in [7, 11) is 0. The Morgan fingerprint density at radius 3 is 2.57 bits per heavy atom. The first-order valence-corrected chi connectivity index (χ1v) is 8.78. The average molecular weight is 383 g/mol. The van der Waals surface area contributed by atoms with E-state index in [9.17, 15) is 9.59 Å². The van der Waals surface area contributed by atoms with Crippen molar-refractivity contribution in [3.63, 3.8) is 0 Å². The maximum absolute atomic E-state index is 12.3. The molecule has 0 spiro atoms. The molecule has 1 aliphatic heterocycles. The minimum absolute atomic E-state index is 0.0844. The van der Waals surface area contributed by atoms with E-state index in [1.54, 1.807) is 6.92 Å². The zero-order chi connectivity index (χ0) is 16.7. The number of hydrogen-bond donors (Lipinski definition) is 0. The summed E-state index contributed by atoms with van der Waals surface area (Å²) >= 11 is 3.43. The first kappa shape index (κ1) is 17.8. The number of carbonyl (C=O) groups is 2. The van der Waals surface area contributed by atoms with Crippen LogP contribution in [0.15, 0.2) is 28.7 Å². The summed E-state index contributed by atoms with van der Waals surface area (Å²) in [6.07, 6.45) is 2.01. The molecule has 1 fully saturated rings. The minimum atomic E-state index is 0.0844. The van der Waals surface area contributed by atoms with Crippen LogP contribution in [-0.2, 0) is 9.59 Å². The molecule has 2 rings (SSSR count). The molecule has 0 unspecified atom stereocenters. The maximum atomic E-state index is 12.3. The predicted octanol–water partition coefficient (Wildman–Crippen LogP) is 2.69. The summed E-state index contributed by atoms with van der Waals surface area (Å²) in [6.45, 7) is 4.83. The molecular formula is C17H23BrN2O3. The number of ether oxygens (including phenoxy) is 1. The first-order valence-electron chi connectivity index (χ1n) is 7.98. The van der Waals surface area contributed by atoms with Gasteiger partial charge in [0.05, 0.1) is 11.1 Å². The Morgan fingerprint density at radius 1 is 1.13 bits per heavy atom. The Balaban J connectivity index is 1.70. The lowest BCUT2D eigenvalue weighted by molar-refractivity contribution is -0.132. The van der Waals surface area contributed by atoms with Gasteiger partial charge in [0.15, 0.2) is 0 Å². The Labute approximate surface area is 145 Å². The second-order valence-electron chi connectivity index (χ2n) is 5.62. The fourth-order valence-electron chi connectivity index (χ4n) is 2.61. The molecular weight excluding hydrogens is 360 g/mol. The molecule has 0 saturated carbocycles. The SMILES string of the molecule is CC(=O)N1CCCN(C(=O)CCCOc2ccccc2Br)CC1. The molecule has 0 atom stereocenters. The summed E-state index contributed by atoms with van der Waals surface area (Å²) in [5.41, 5.74) is 0. The normalized spacial score (nSPS) is 15.2. The predicted molar refractivity (Wildman–Crippen MR) is 92.3 cm³/mol. The number of para-hydroxylation sites is 1. The Hall–Kier alpha value is -1.56. The Bertz CT molecular complexity index is 550. The van der Waals surface area contributed by atoms with Crippen molar-refractivity contribution < 1.29 is 14.3 Å².